The molecule has 0 bridgehead atoms. The number of amides is 2. The molecule has 164 valence electrons. The number of nitrogens with one attached hydrogen (secondary N) is 2. The number of rotatable bonds is 6. The minimum atomic E-state index is -0.573. The molecular weight excluding hydrogens is 476 g/mol. The van der Waals surface area contributed by atoms with Gasteiger partial charge in [0.25, 0.3) is 5.56 Å². The van der Waals surface area contributed by atoms with E-state index in [1.165, 1.54) is 10.8 Å². The van der Waals surface area contributed by atoms with Crippen LogP contribution in [0.15, 0.2) is 68.8 Å². The number of anilines is 2. The molecule has 0 spiro atoms. The van der Waals surface area contributed by atoms with Crippen LogP contribution in [0.3, 0.4) is 0 Å². The van der Waals surface area contributed by atoms with E-state index in [1.54, 1.807) is 4.90 Å². The largest absolute Gasteiger partial charge is 0.328 e. The number of aromatic amines is 1. The minimum Gasteiger partial charge on any atom is -0.326 e. The summed E-state index contributed by atoms with van der Waals surface area (Å²) in [5.41, 5.74) is 2.33. The van der Waals surface area contributed by atoms with Crippen molar-refractivity contribution >= 4 is 39.1 Å². The van der Waals surface area contributed by atoms with E-state index in [2.05, 4.69) is 26.2 Å². The van der Waals surface area contributed by atoms with Crippen LogP contribution in [-0.4, -0.2) is 27.9 Å². The molecule has 0 saturated heterocycles. The summed E-state index contributed by atoms with van der Waals surface area (Å²) >= 11 is 3.07. The summed E-state index contributed by atoms with van der Waals surface area (Å²) in [7, 11) is 0. The van der Waals surface area contributed by atoms with Crippen molar-refractivity contribution in [3.05, 3.63) is 91.2 Å². The summed E-state index contributed by atoms with van der Waals surface area (Å²) in [5.74, 6) is -0.263. The number of nitrogens with zero attached hydrogens (tertiary/aromatic N) is 2. The van der Waals surface area contributed by atoms with Crippen LogP contribution in [0.25, 0.3) is 0 Å². The van der Waals surface area contributed by atoms with E-state index in [9.17, 15) is 19.2 Å². The normalized spacial score (nSPS) is 12.5. The molecule has 0 unspecified atom stereocenters. The number of aryl methyl sites for hydroxylation is 1. The number of carbonyl (C=O) groups excluding carboxylic acids is 2. The monoisotopic (exact) mass is 496 g/mol. The molecule has 3 aromatic rings. The zero-order chi connectivity index (χ0) is 22.7. The van der Waals surface area contributed by atoms with E-state index >= 15 is 0 Å². The average molecular weight is 497 g/mol. The Balaban J connectivity index is 1.41. The fourth-order valence-corrected chi connectivity index (χ4v) is 4.02. The van der Waals surface area contributed by atoms with Crippen molar-refractivity contribution in [1.29, 1.82) is 0 Å². The molecule has 8 nitrogen and oxygen atoms in total. The summed E-state index contributed by atoms with van der Waals surface area (Å²) < 4.78 is 1.48. The Kier molecular flexibility index (Phi) is 6.36. The van der Waals surface area contributed by atoms with Gasteiger partial charge in [0.05, 0.1) is 10.9 Å². The summed E-state index contributed by atoms with van der Waals surface area (Å²) in [5, 5.41) is 2.82. The van der Waals surface area contributed by atoms with Crippen molar-refractivity contribution in [2.24, 2.45) is 0 Å². The van der Waals surface area contributed by atoms with Gasteiger partial charge in [-0.3, -0.25) is 23.9 Å². The lowest BCUT2D eigenvalue weighted by Gasteiger charge is -2.18. The number of halogens is 1. The van der Waals surface area contributed by atoms with Gasteiger partial charge in [0.15, 0.2) is 0 Å². The van der Waals surface area contributed by atoms with Crippen LogP contribution in [0, 0.1) is 0 Å². The van der Waals surface area contributed by atoms with Crippen molar-refractivity contribution in [2.75, 3.05) is 16.8 Å². The van der Waals surface area contributed by atoms with E-state index in [4.69, 9.17) is 0 Å². The predicted octanol–water partition coefficient (Wildman–Crippen LogP) is 2.46. The highest BCUT2D eigenvalue weighted by atomic mass is 79.9. The fraction of sp³-hybridized carbons (Fsp3) is 0.217. The Hall–Kier alpha value is -3.46. The van der Waals surface area contributed by atoms with Crippen molar-refractivity contribution < 1.29 is 9.59 Å². The first-order chi connectivity index (χ1) is 15.4. The maximum Gasteiger partial charge on any atom is 0.328 e. The van der Waals surface area contributed by atoms with Gasteiger partial charge >= 0.3 is 5.69 Å². The van der Waals surface area contributed by atoms with Crippen LogP contribution >= 0.6 is 15.9 Å². The Bertz CT molecular complexity index is 1280. The predicted molar refractivity (Wildman–Crippen MR) is 125 cm³/mol. The molecule has 2 amide bonds. The molecular formula is C23H21BrN4O4. The number of carbonyl (C=O) groups is 2. The topological polar surface area (TPSA) is 104 Å². The first-order valence-corrected chi connectivity index (χ1v) is 11.0. The summed E-state index contributed by atoms with van der Waals surface area (Å²) in [6.07, 6.45) is 2.50. The van der Waals surface area contributed by atoms with E-state index in [0.717, 1.165) is 23.2 Å². The Morgan fingerprint density at radius 2 is 1.88 bits per heavy atom. The molecule has 9 heteroatoms. The molecule has 0 radical (unpaired) electrons. The van der Waals surface area contributed by atoms with Gasteiger partial charge < -0.3 is 10.2 Å². The smallest absolute Gasteiger partial charge is 0.326 e. The molecule has 0 saturated carbocycles. The van der Waals surface area contributed by atoms with Gasteiger partial charge in [-0.15, -0.1) is 0 Å². The second-order valence-electron chi connectivity index (χ2n) is 7.53. The first kappa shape index (κ1) is 21.8. The standard InChI is InChI=1S/C23H21BrN4O4/c24-18-14-27(23(32)26-22(18)31)10-9-20(29)25-17-7-6-16-8-11-28(19(16)13-17)21(30)12-15-4-2-1-3-5-15/h1-7,13-14H,8-12H2,(H,25,29)(H,26,31,32). The molecule has 1 aliphatic rings. The molecule has 1 aromatic heterocycles. The van der Waals surface area contributed by atoms with Gasteiger partial charge in [-0.2, -0.15) is 0 Å². The molecule has 0 aliphatic carbocycles. The third-order valence-corrected chi connectivity index (χ3v) is 5.88. The molecule has 0 fully saturated rings. The van der Waals surface area contributed by atoms with Gasteiger partial charge in [0.1, 0.15) is 0 Å². The number of H-pyrrole nitrogens is 1. The second kappa shape index (κ2) is 9.35. The van der Waals surface area contributed by atoms with E-state index in [-0.39, 0.29) is 29.3 Å². The van der Waals surface area contributed by atoms with Crippen LogP contribution in [0.2, 0.25) is 0 Å². The SMILES string of the molecule is O=C(CCn1cc(Br)c(=O)[nH]c1=O)Nc1ccc2c(c1)N(C(=O)Cc1ccccc1)CC2. The Labute approximate surface area is 192 Å². The first-order valence-electron chi connectivity index (χ1n) is 10.2. The van der Waals surface area contributed by atoms with Crippen molar-refractivity contribution in [3.63, 3.8) is 0 Å². The minimum absolute atomic E-state index is 0.0152. The summed E-state index contributed by atoms with van der Waals surface area (Å²) in [6.45, 7) is 0.731. The van der Waals surface area contributed by atoms with Crippen molar-refractivity contribution in [3.8, 4) is 0 Å². The lowest BCUT2D eigenvalue weighted by molar-refractivity contribution is -0.118. The van der Waals surface area contributed by atoms with Crippen LogP contribution in [0.5, 0.6) is 0 Å². The van der Waals surface area contributed by atoms with Gasteiger partial charge in [-0.25, -0.2) is 4.79 Å². The summed E-state index contributed by atoms with van der Waals surface area (Å²) in [4.78, 5) is 52.4. The maximum atomic E-state index is 12.8. The summed E-state index contributed by atoms with van der Waals surface area (Å²) in [6, 6.07) is 15.1. The molecule has 1 aliphatic heterocycles. The number of hydrogen-bond donors (Lipinski definition) is 2. The van der Waals surface area contributed by atoms with Crippen LogP contribution in [-0.2, 0) is 29.0 Å². The van der Waals surface area contributed by atoms with E-state index in [1.807, 2.05) is 48.5 Å². The van der Waals surface area contributed by atoms with E-state index in [0.29, 0.717) is 18.7 Å². The third-order valence-electron chi connectivity index (χ3n) is 5.31. The van der Waals surface area contributed by atoms with Gasteiger partial charge in [0.2, 0.25) is 11.8 Å². The van der Waals surface area contributed by atoms with Crippen LogP contribution in [0.1, 0.15) is 17.5 Å². The highest BCUT2D eigenvalue weighted by Gasteiger charge is 2.25. The van der Waals surface area contributed by atoms with Gasteiger partial charge in [-0.05, 0) is 45.6 Å². The number of benzene rings is 2. The van der Waals surface area contributed by atoms with Crippen molar-refractivity contribution in [2.45, 2.75) is 25.8 Å². The maximum absolute atomic E-state index is 12.8. The molecule has 4 rings (SSSR count). The quantitative estimate of drug-likeness (QED) is 0.546. The second-order valence-corrected chi connectivity index (χ2v) is 8.38. The van der Waals surface area contributed by atoms with Crippen molar-refractivity contribution in [1.82, 2.24) is 9.55 Å². The average Bonchev–Trinajstić information content (AvgIpc) is 3.19. The zero-order valence-corrected chi connectivity index (χ0v) is 18.7. The molecule has 2 heterocycles. The highest BCUT2D eigenvalue weighted by molar-refractivity contribution is 9.10. The number of hydrogen-bond acceptors (Lipinski definition) is 4. The Morgan fingerprint density at radius 3 is 2.66 bits per heavy atom. The molecule has 32 heavy (non-hydrogen) atoms. The highest BCUT2D eigenvalue weighted by Crippen LogP contribution is 2.31. The molecule has 2 aromatic carbocycles. The fourth-order valence-electron chi connectivity index (χ4n) is 3.68. The lowest BCUT2D eigenvalue weighted by Crippen LogP contribution is -2.31. The number of fused-ring (bicyclic) bond motifs is 1. The molecule has 2 N–H and O–H groups in total. The van der Waals surface area contributed by atoms with E-state index < -0.39 is 11.2 Å². The third kappa shape index (κ3) is 4.88. The van der Waals surface area contributed by atoms with Gasteiger partial charge in [-0.1, -0.05) is 36.4 Å². The van der Waals surface area contributed by atoms with Crippen LogP contribution in [0.4, 0.5) is 11.4 Å². The number of aromatic nitrogens is 2. The van der Waals surface area contributed by atoms with Crippen LogP contribution < -0.4 is 21.5 Å². The Morgan fingerprint density at radius 1 is 1.09 bits per heavy atom. The van der Waals surface area contributed by atoms with Gasteiger partial charge in [0, 0.05) is 37.1 Å². The lowest BCUT2D eigenvalue weighted by atomic mass is 10.1. The zero-order valence-electron chi connectivity index (χ0n) is 17.1. The molecule has 0 atom stereocenters.